The zero-order chi connectivity index (χ0) is 15.4. The summed E-state index contributed by atoms with van der Waals surface area (Å²) in [6.07, 6.45) is 0.722. The molecule has 0 fully saturated rings. The number of anilines is 1. The molecule has 1 amide bonds. The fourth-order valence-electron chi connectivity index (χ4n) is 1.99. The molecule has 0 atom stereocenters. The molecule has 0 saturated heterocycles. The number of hydrogen-bond acceptors (Lipinski definition) is 3. The maximum absolute atomic E-state index is 13.7. The summed E-state index contributed by atoms with van der Waals surface area (Å²) in [7, 11) is 3.05. The summed E-state index contributed by atoms with van der Waals surface area (Å²) in [5.74, 6) is -1.94. The van der Waals surface area contributed by atoms with Crippen molar-refractivity contribution in [2.24, 2.45) is 0 Å². The van der Waals surface area contributed by atoms with Crippen molar-refractivity contribution in [3.63, 3.8) is 0 Å². The van der Waals surface area contributed by atoms with Crippen molar-refractivity contribution < 1.29 is 13.6 Å². The van der Waals surface area contributed by atoms with Crippen LogP contribution < -0.4 is 5.32 Å². The molecule has 2 aromatic rings. The third kappa shape index (κ3) is 3.58. The Morgan fingerprint density at radius 1 is 1.33 bits per heavy atom. The predicted molar refractivity (Wildman–Crippen MR) is 80.9 cm³/mol. The van der Waals surface area contributed by atoms with E-state index in [-0.39, 0.29) is 11.3 Å². The smallest absolute Gasteiger partial charge is 0.253 e. The van der Waals surface area contributed by atoms with Gasteiger partial charge in [-0.25, -0.2) is 8.78 Å². The summed E-state index contributed by atoms with van der Waals surface area (Å²) in [5, 5.41) is 4.40. The first-order valence-corrected chi connectivity index (χ1v) is 7.35. The van der Waals surface area contributed by atoms with Gasteiger partial charge in [0.2, 0.25) is 0 Å². The standard InChI is InChI=1S/C15H16F2N2OS/c1-18-14-12(16)8-10(9-13(14)17)15(20)19(2)6-5-11-4-3-7-21-11/h3-4,7-9,18H,5-6H2,1-2H3. The summed E-state index contributed by atoms with van der Waals surface area (Å²) >= 11 is 1.62. The second kappa shape index (κ2) is 6.67. The fourth-order valence-corrected chi connectivity index (χ4v) is 2.69. The molecule has 0 aliphatic heterocycles. The van der Waals surface area contributed by atoms with Gasteiger partial charge in [-0.2, -0.15) is 0 Å². The van der Waals surface area contributed by atoms with E-state index in [0.717, 1.165) is 23.4 Å². The van der Waals surface area contributed by atoms with E-state index < -0.39 is 17.5 Å². The number of carbonyl (C=O) groups excluding carboxylic acids is 1. The van der Waals surface area contributed by atoms with Crippen LogP contribution >= 0.6 is 11.3 Å². The van der Waals surface area contributed by atoms with Crippen LogP contribution in [-0.4, -0.2) is 31.4 Å². The number of benzene rings is 1. The van der Waals surface area contributed by atoms with E-state index in [0.29, 0.717) is 6.54 Å². The van der Waals surface area contributed by atoms with Crippen LogP contribution in [0, 0.1) is 11.6 Å². The Morgan fingerprint density at radius 2 is 2.00 bits per heavy atom. The zero-order valence-corrected chi connectivity index (χ0v) is 12.6. The van der Waals surface area contributed by atoms with Gasteiger partial charge in [-0.1, -0.05) is 6.07 Å². The highest BCUT2D eigenvalue weighted by atomic mass is 32.1. The second-order valence-corrected chi connectivity index (χ2v) is 5.65. The predicted octanol–water partition coefficient (Wildman–Crippen LogP) is 3.38. The number of nitrogens with one attached hydrogen (secondary N) is 1. The van der Waals surface area contributed by atoms with E-state index in [4.69, 9.17) is 0 Å². The molecule has 1 aromatic heterocycles. The Labute approximate surface area is 126 Å². The summed E-state index contributed by atoms with van der Waals surface area (Å²) < 4.78 is 27.3. The van der Waals surface area contributed by atoms with E-state index in [1.807, 2.05) is 17.5 Å². The molecule has 21 heavy (non-hydrogen) atoms. The molecule has 0 bridgehead atoms. The molecular weight excluding hydrogens is 294 g/mol. The van der Waals surface area contributed by atoms with Gasteiger partial charge in [-0.3, -0.25) is 4.79 Å². The number of likely N-dealkylation sites (N-methyl/N-ethyl adjacent to an activating group) is 1. The van der Waals surface area contributed by atoms with E-state index in [1.54, 1.807) is 18.4 Å². The van der Waals surface area contributed by atoms with Crippen molar-refractivity contribution in [3.05, 3.63) is 51.7 Å². The van der Waals surface area contributed by atoms with Crippen LogP contribution in [0.3, 0.4) is 0 Å². The molecule has 2 rings (SSSR count). The van der Waals surface area contributed by atoms with Gasteiger partial charge in [0.15, 0.2) is 0 Å². The average molecular weight is 310 g/mol. The maximum Gasteiger partial charge on any atom is 0.253 e. The van der Waals surface area contributed by atoms with Gasteiger partial charge in [-0.05, 0) is 30.0 Å². The highest BCUT2D eigenvalue weighted by Crippen LogP contribution is 2.21. The van der Waals surface area contributed by atoms with Gasteiger partial charge in [0.25, 0.3) is 5.91 Å². The Kier molecular flexibility index (Phi) is 4.90. The SMILES string of the molecule is CNc1c(F)cc(C(=O)N(C)CCc2cccs2)cc1F. The number of amides is 1. The molecule has 0 unspecified atom stereocenters. The van der Waals surface area contributed by atoms with Gasteiger partial charge >= 0.3 is 0 Å². The number of hydrogen-bond donors (Lipinski definition) is 1. The molecule has 0 spiro atoms. The lowest BCUT2D eigenvalue weighted by Crippen LogP contribution is -2.29. The molecule has 1 heterocycles. The number of nitrogens with zero attached hydrogens (tertiary/aromatic N) is 1. The Hall–Kier alpha value is -1.95. The Balaban J connectivity index is 2.08. The first-order valence-electron chi connectivity index (χ1n) is 6.47. The lowest BCUT2D eigenvalue weighted by molar-refractivity contribution is 0.0796. The van der Waals surface area contributed by atoms with Gasteiger partial charge in [-0.15, -0.1) is 11.3 Å². The third-order valence-electron chi connectivity index (χ3n) is 3.16. The van der Waals surface area contributed by atoms with Crippen molar-refractivity contribution in [2.75, 3.05) is 26.0 Å². The molecule has 112 valence electrons. The van der Waals surface area contributed by atoms with Crippen LogP contribution in [0.25, 0.3) is 0 Å². The molecule has 0 radical (unpaired) electrons. The lowest BCUT2D eigenvalue weighted by Gasteiger charge is -2.17. The molecule has 6 heteroatoms. The van der Waals surface area contributed by atoms with Gasteiger partial charge in [0.05, 0.1) is 0 Å². The van der Waals surface area contributed by atoms with Crippen LogP contribution in [-0.2, 0) is 6.42 Å². The molecule has 0 saturated carbocycles. The molecule has 1 aromatic carbocycles. The topological polar surface area (TPSA) is 32.3 Å². The van der Waals surface area contributed by atoms with E-state index in [1.165, 1.54) is 11.9 Å². The van der Waals surface area contributed by atoms with Gasteiger partial charge < -0.3 is 10.2 Å². The molecule has 3 nitrogen and oxygen atoms in total. The molecular formula is C15H16F2N2OS. The van der Waals surface area contributed by atoms with Crippen molar-refractivity contribution in [1.29, 1.82) is 0 Å². The normalized spacial score (nSPS) is 10.5. The largest absolute Gasteiger partial charge is 0.383 e. The second-order valence-electron chi connectivity index (χ2n) is 4.62. The minimum absolute atomic E-state index is 0.0117. The number of carbonyl (C=O) groups is 1. The first-order chi connectivity index (χ1) is 10.0. The minimum atomic E-state index is -0.771. The van der Waals surface area contributed by atoms with Crippen LogP contribution in [0.4, 0.5) is 14.5 Å². The van der Waals surface area contributed by atoms with Crippen molar-refractivity contribution in [3.8, 4) is 0 Å². The number of rotatable bonds is 5. The quantitative estimate of drug-likeness (QED) is 0.918. The van der Waals surface area contributed by atoms with Crippen LogP contribution in [0.5, 0.6) is 0 Å². The van der Waals surface area contributed by atoms with Gasteiger partial charge in [0.1, 0.15) is 17.3 Å². The Morgan fingerprint density at radius 3 is 2.52 bits per heavy atom. The summed E-state index contributed by atoms with van der Waals surface area (Å²) in [5.41, 5.74) is -0.217. The minimum Gasteiger partial charge on any atom is -0.383 e. The van der Waals surface area contributed by atoms with Gasteiger partial charge in [0, 0.05) is 31.1 Å². The molecule has 1 N–H and O–H groups in total. The number of thiophene rings is 1. The van der Waals surface area contributed by atoms with E-state index in [2.05, 4.69) is 5.32 Å². The van der Waals surface area contributed by atoms with E-state index in [9.17, 15) is 13.6 Å². The third-order valence-corrected chi connectivity index (χ3v) is 4.10. The van der Waals surface area contributed by atoms with Crippen molar-refractivity contribution in [2.45, 2.75) is 6.42 Å². The molecule has 0 aliphatic rings. The maximum atomic E-state index is 13.7. The molecule has 0 aliphatic carbocycles. The zero-order valence-electron chi connectivity index (χ0n) is 11.8. The highest BCUT2D eigenvalue weighted by molar-refractivity contribution is 7.09. The summed E-state index contributed by atoms with van der Waals surface area (Å²) in [4.78, 5) is 14.8. The van der Waals surface area contributed by atoms with Crippen LogP contribution in [0.1, 0.15) is 15.2 Å². The van der Waals surface area contributed by atoms with Crippen LogP contribution in [0.15, 0.2) is 29.6 Å². The Bertz CT molecular complexity index is 606. The fraction of sp³-hybridized carbons (Fsp3) is 0.267. The van der Waals surface area contributed by atoms with E-state index >= 15 is 0 Å². The van der Waals surface area contributed by atoms with Crippen molar-refractivity contribution >= 4 is 22.9 Å². The summed E-state index contributed by atoms with van der Waals surface area (Å²) in [6.45, 7) is 0.496. The number of halogens is 2. The summed E-state index contributed by atoms with van der Waals surface area (Å²) in [6, 6.07) is 6.05. The first kappa shape index (κ1) is 15.4. The highest BCUT2D eigenvalue weighted by Gasteiger charge is 2.17. The van der Waals surface area contributed by atoms with Crippen LogP contribution in [0.2, 0.25) is 0 Å². The average Bonchev–Trinajstić information content (AvgIpc) is 2.96. The lowest BCUT2D eigenvalue weighted by atomic mass is 10.1. The monoisotopic (exact) mass is 310 g/mol. The van der Waals surface area contributed by atoms with Crippen molar-refractivity contribution in [1.82, 2.24) is 4.90 Å².